The van der Waals surface area contributed by atoms with Crippen molar-refractivity contribution < 1.29 is 4.79 Å². The van der Waals surface area contributed by atoms with Crippen LogP contribution in [-0.4, -0.2) is 47.4 Å². The third-order valence-corrected chi connectivity index (χ3v) is 4.00. The molecular formula is C16H25N3O. The highest BCUT2D eigenvalue weighted by molar-refractivity contribution is 5.76. The van der Waals surface area contributed by atoms with Crippen LogP contribution < -0.4 is 5.73 Å². The van der Waals surface area contributed by atoms with Gasteiger partial charge in [-0.2, -0.15) is 0 Å². The van der Waals surface area contributed by atoms with E-state index in [2.05, 4.69) is 43.0 Å². The minimum Gasteiger partial charge on any atom is -0.340 e. The van der Waals surface area contributed by atoms with Crippen LogP contribution in [0.15, 0.2) is 30.3 Å². The number of amides is 1. The van der Waals surface area contributed by atoms with Gasteiger partial charge in [-0.3, -0.25) is 9.69 Å². The third kappa shape index (κ3) is 3.58. The van der Waals surface area contributed by atoms with Gasteiger partial charge in [-0.05, 0) is 19.4 Å². The molecule has 0 bridgehead atoms. The maximum absolute atomic E-state index is 12.0. The van der Waals surface area contributed by atoms with Crippen molar-refractivity contribution in [3.05, 3.63) is 35.9 Å². The number of benzene rings is 1. The first-order valence-corrected chi connectivity index (χ1v) is 7.30. The zero-order valence-corrected chi connectivity index (χ0v) is 12.5. The standard InChI is InChI=1S/C16H25N3O/c1-16(2)13-18(15(20)8-9-17)10-11-19(16)12-14-6-4-3-5-7-14/h3-7H,8-13,17H2,1-2H3. The first kappa shape index (κ1) is 15.0. The van der Waals surface area contributed by atoms with E-state index in [0.29, 0.717) is 13.0 Å². The van der Waals surface area contributed by atoms with Crippen molar-refractivity contribution in [2.75, 3.05) is 26.2 Å². The summed E-state index contributed by atoms with van der Waals surface area (Å²) in [5.74, 6) is 0.180. The van der Waals surface area contributed by atoms with Gasteiger partial charge in [0.15, 0.2) is 0 Å². The Kier molecular flexibility index (Phi) is 4.78. The summed E-state index contributed by atoms with van der Waals surface area (Å²) >= 11 is 0. The Morgan fingerprint density at radius 1 is 1.25 bits per heavy atom. The number of nitrogens with zero attached hydrogens (tertiary/aromatic N) is 2. The number of hydrogen-bond acceptors (Lipinski definition) is 3. The number of carbonyl (C=O) groups excluding carboxylic acids is 1. The fourth-order valence-corrected chi connectivity index (χ4v) is 2.78. The topological polar surface area (TPSA) is 49.6 Å². The van der Waals surface area contributed by atoms with Gasteiger partial charge in [-0.15, -0.1) is 0 Å². The van der Waals surface area contributed by atoms with Crippen LogP contribution in [0.3, 0.4) is 0 Å². The van der Waals surface area contributed by atoms with E-state index >= 15 is 0 Å². The molecule has 1 aliphatic rings. The number of rotatable bonds is 4. The molecule has 0 aliphatic carbocycles. The first-order valence-electron chi connectivity index (χ1n) is 7.30. The van der Waals surface area contributed by atoms with E-state index in [0.717, 1.165) is 26.2 Å². The Balaban J connectivity index is 1.99. The van der Waals surface area contributed by atoms with Gasteiger partial charge in [0.05, 0.1) is 0 Å². The number of carbonyl (C=O) groups is 1. The molecule has 0 aromatic heterocycles. The zero-order chi connectivity index (χ0) is 14.6. The lowest BCUT2D eigenvalue weighted by Crippen LogP contribution is -2.60. The second-order valence-electron chi connectivity index (χ2n) is 6.07. The van der Waals surface area contributed by atoms with Crippen molar-refractivity contribution in [3.63, 3.8) is 0 Å². The van der Waals surface area contributed by atoms with Crippen molar-refractivity contribution >= 4 is 5.91 Å². The van der Waals surface area contributed by atoms with Crippen LogP contribution in [0.25, 0.3) is 0 Å². The molecule has 2 rings (SSSR count). The zero-order valence-electron chi connectivity index (χ0n) is 12.5. The third-order valence-electron chi connectivity index (χ3n) is 4.00. The Hall–Kier alpha value is -1.39. The molecule has 0 atom stereocenters. The highest BCUT2D eigenvalue weighted by atomic mass is 16.2. The average molecular weight is 275 g/mol. The molecule has 0 radical (unpaired) electrons. The van der Waals surface area contributed by atoms with E-state index in [4.69, 9.17) is 5.73 Å². The van der Waals surface area contributed by atoms with Gasteiger partial charge in [0, 0.05) is 44.7 Å². The molecule has 20 heavy (non-hydrogen) atoms. The summed E-state index contributed by atoms with van der Waals surface area (Å²) in [6.07, 6.45) is 0.453. The summed E-state index contributed by atoms with van der Waals surface area (Å²) in [6, 6.07) is 10.5. The first-order chi connectivity index (χ1) is 9.53. The molecule has 2 N–H and O–H groups in total. The molecule has 0 spiro atoms. The maximum atomic E-state index is 12.0. The fraction of sp³-hybridized carbons (Fsp3) is 0.562. The molecule has 1 saturated heterocycles. The predicted molar refractivity (Wildman–Crippen MR) is 81.2 cm³/mol. The monoisotopic (exact) mass is 275 g/mol. The Morgan fingerprint density at radius 2 is 1.95 bits per heavy atom. The average Bonchev–Trinajstić information content (AvgIpc) is 2.42. The van der Waals surface area contributed by atoms with Gasteiger partial charge in [0.2, 0.25) is 5.91 Å². The summed E-state index contributed by atoms with van der Waals surface area (Å²) in [7, 11) is 0. The molecule has 4 nitrogen and oxygen atoms in total. The van der Waals surface area contributed by atoms with Crippen molar-refractivity contribution in [2.45, 2.75) is 32.4 Å². The maximum Gasteiger partial charge on any atom is 0.223 e. The quantitative estimate of drug-likeness (QED) is 0.905. The molecule has 0 unspecified atom stereocenters. The van der Waals surface area contributed by atoms with Gasteiger partial charge in [0.25, 0.3) is 0 Å². The predicted octanol–water partition coefficient (Wildman–Crippen LogP) is 1.46. The van der Waals surface area contributed by atoms with Crippen LogP contribution in [0.1, 0.15) is 25.8 Å². The molecule has 1 fully saturated rings. The van der Waals surface area contributed by atoms with E-state index < -0.39 is 0 Å². The summed E-state index contributed by atoms with van der Waals surface area (Å²) in [5, 5.41) is 0. The van der Waals surface area contributed by atoms with Gasteiger partial charge >= 0.3 is 0 Å². The van der Waals surface area contributed by atoms with Gasteiger partial charge in [0.1, 0.15) is 0 Å². The van der Waals surface area contributed by atoms with Crippen LogP contribution in [0.5, 0.6) is 0 Å². The van der Waals surface area contributed by atoms with Crippen molar-refractivity contribution in [3.8, 4) is 0 Å². The van der Waals surface area contributed by atoms with E-state index in [-0.39, 0.29) is 11.4 Å². The lowest BCUT2D eigenvalue weighted by atomic mass is 9.97. The lowest BCUT2D eigenvalue weighted by Gasteiger charge is -2.47. The Morgan fingerprint density at radius 3 is 2.55 bits per heavy atom. The molecule has 1 aromatic carbocycles. The van der Waals surface area contributed by atoms with Crippen LogP contribution in [0.2, 0.25) is 0 Å². The second-order valence-corrected chi connectivity index (χ2v) is 6.07. The summed E-state index contributed by atoms with van der Waals surface area (Å²) in [5.41, 5.74) is 6.80. The van der Waals surface area contributed by atoms with E-state index in [1.807, 2.05) is 11.0 Å². The number of hydrogen-bond donors (Lipinski definition) is 1. The van der Waals surface area contributed by atoms with Crippen molar-refractivity contribution in [2.24, 2.45) is 5.73 Å². The summed E-state index contributed by atoms with van der Waals surface area (Å²) in [6.45, 7) is 8.28. The van der Waals surface area contributed by atoms with E-state index in [9.17, 15) is 4.79 Å². The highest BCUT2D eigenvalue weighted by Crippen LogP contribution is 2.23. The fourth-order valence-electron chi connectivity index (χ4n) is 2.78. The molecule has 4 heteroatoms. The van der Waals surface area contributed by atoms with Crippen LogP contribution in [0, 0.1) is 0 Å². The summed E-state index contributed by atoms with van der Waals surface area (Å²) in [4.78, 5) is 16.4. The summed E-state index contributed by atoms with van der Waals surface area (Å²) < 4.78 is 0. The number of piperazine rings is 1. The van der Waals surface area contributed by atoms with Crippen molar-refractivity contribution in [1.82, 2.24) is 9.80 Å². The molecule has 0 saturated carbocycles. The van der Waals surface area contributed by atoms with Crippen molar-refractivity contribution in [1.29, 1.82) is 0 Å². The molecular weight excluding hydrogens is 250 g/mol. The lowest BCUT2D eigenvalue weighted by molar-refractivity contribution is -0.136. The molecule has 1 aromatic rings. The minimum absolute atomic E-state index is 0.00164. The SMILES string of the molecule is CC1(C)CN(C(=O)CCN)CCN1Cc1ccccc1. The van der Waals surface area contributed by atoms with E-state index in [1.54, 1.807) is 0 Å². The van der Waals surface area contributed by atoms with Crippen LogP contribution in [-0.2, 0) is 11.3 Å². The molecule has 1 aliphatic heterocycles. The molecule has 110 valence electrons. The second kappa shape index (κ2) is 6.37. The van der Waals surface area contributed by atoms with Gasteiger partial charge in [-0.25, -0.2) is 0 Å². The molecule has 1 heterocycles. The van der Waals surface area contributed by atoms with Gasteiger partial charge < -0.3 is 10.6 Å². The highest BCUT2D eigenvalue weighted by Gasteiger charge is 2.35. The smallest absolute Gasteiger partial charge is 0.223 e. The largest absolute Gasteiger partial charge is 0.340 e. The minimum atomic E-state index is -0.00164. The Bertz CT molecular complexity index is 444. The normalized spacial score (nSPS) is 19.1. The van der Waals surface area contributed by atoms with E-state index in [1.165, 1.54) is 5.56 Å². The van der Waals surface area contributed by atoms with Crippen LogP contribution >= 0.6 is 0 Å². The number of nitrogens with two attached hydrogens (primary N) is 1. The van der Waals surface area contributed by atoms with Gasteiger partial charge in [-0.1, -0.05) is 30.3 Å². The van der Waals surface area contributed by atoms with Crippen LogP contribution in [0.4, 0.5) is 0 Å². The molecule has 1 amide bonds. The Labute approximate surface area is 121 Å².